The van der Waals surface area contributed by atoms with Gasteiger partial charge in [-0.25, -0.2) is 4.98 Å². The minimum absolute atomic E-state index is 0.117. The highest BCUT2D eigenvalue weighted by molar-refractivity contribution is 5.94. The van der Waals surface area contributed by atoms with Crippen LogP contribution in [0.4, 0.5) is 0 Å². The molecule has 1 aromatic carbocycles. The van der Waals surface area contributed by atoms with Gasteiger partial charge >= 0.3 is 0 Å². The molecule has 4 heteroatoms. The molecule has 1 unspecified atom stereocenters. The van der Waals surface area contributed by atoms with Gasteiger partial charge in [-0.15, -0.1) is 0 Å². The predicted molar refractivity (Wildman–Crippen MR) is 92.1 cm³/mol. The van der Waals surface area contributed by atoms with Gasteiger partial charge in [0, 0.05) is 30.9 Å². The van der Waals surface area contributed by atoms with Gasteiger partial charge in [-0.1, -0.05) is 12.1 Å². The number of ether oxygens (including phenoxy) is 1. The fourth-order valence-corrected chi connectivity index (χ4v) is 3.55. The molecule has 2 heterocycles. The van der Waals surface area contributed by atoms with Crippen molar-refractivity contribution < 1.29 is 9.53 Å². The third-order valence-corrected chi connectivity index (χ3v) is 4.97. The van der Waals surface area contributed by atoms with E-state index in [1.165, 1.54) is 19.3 Å². The number of carbonyl (C=O) groups is 1. The molecule has 2 aliphatic rings. The van der Waals surface area contributed by atoms with Crippen molar-refractivity contribution in [3.05, 3.63) is 54.2 Å². The highest BCUT2D eigenvalue weighted by Crippen LogP contribution is 2.41. The maximum Gasteiger partial charge on any atom is 0.253 e. The fraction of sp³-hybridized carbons (Fsp3) is 0.400. The largest absolute Gasteiger partial charge is 0.439 e. The maximum absolute atomic E-state index is 12.8. The third-order valence-electron chi connectivity index (χ3n) is 4.97. The van der Waals surface area contributed by atoms with Crippen molar-refractivity contribution in [3.63, 3.8) is 0 Å². The second kappa shape index (κ2) is 6.63. The Kier molecular flexibility index (Phi) is 4.20. The Morgan fingerprint density at radius 3 is 2.79 bits per heavy atom. The molecule has 0 bridgehead atoms. The van der Waals surface area contributed by atoms with E-state index >= 15 is 0 Å². The van der Waals surface area contributed by atoms with E-state index in [0.717, 1.165) is 25.4 Å². The van der Waals surface area contributed by atoms with Gasteiger partial charge in [-0.2, -0.15) is 0 Å². The van der Waals surface area contributed by atoms with Gasteiger partial charge in [0.05, 0.1) is 0 Å². The van der Waals surface area contributed by atoms with Crippen LogP contribution < -0.4 is 4.74 Å². The summed E-state index contributed by atoms with van der Waals surface area (Å²) >= 11 is 0. The zero-order chi connectivity index (χ0) is 16.4. The molecule has 0 radical (unpaired) electrons. The van der Waals surface area contributed by atoms with Gasteiger partial charge in [0.1, 0.15) is 5.75 Å². The minimum atomic E-state index is 0.117. The van der Waals surface area contributed by atoms with Crippen molar-refractivity contribution in [1.29, 1.82) is 0 Å². The molecule has 2 aromatic rings. The standard InChI is InChI=1S/C20H22N2O2/c23-20(22-12-4-6-17(14-22)15-9-10-15)16-5-3-7-18(13-16)24-19-8-1-2-11-21-19/h1-3,5,7-8,11,13,15,17H,4,6,9-10,12,14H2. The van der Waals surface area contributed by atoms with Gasteiger partial charge in [-0.3, -0.25) is 4.79 Å². The van der Waals surface area contributed by atoms with Crippen LogP contribution >= 0.6 is 0 Å². The highest BCUT2D eigenvalue weighted by atomic mass is 16.5. The number of amides is 1. The number of pyridine rings is 1. The van der Waals surface area contributed by atoms with Crippen LogP contribution in [0.15, 0.2) is 48.7 Å². The zero-order valence-corrected chi connectivity index (χ0v) is 13.7. The van der Waals surface area contributed by atoms with Crippen LogP contribution in [-0.2, 0) is 0 Å². The van der Waals surface area contributed by atoms with Crippen molar-refractivity contribution in [1.82, 2.24) is 9.88 Å². The molecule has 124 valence electrons. The Bertz CT molecular complexity index is 713. The average molecular weight is 322 g/mol. The number of benzene rings is 1. The summed E-state index contributed by atoms with van der Waals surface area (Å²) in [5.74, 6) is 2.87. The zero-order valence-electron chi connectivity index (χ0n) is 13.7. The predicted octanol–water partition coefficient (Wildman–Crippen LogP) is 4.14. The first-order valence-corrected chi connectivity index (χ1v) is 8.78. The molecule has 1 aromatic heterocycles. The quantitative estimate of drug-likeness (QED) is 0.850. The number of hydrogen-bond acceptors (Lipinski definition) is 3. The Morgan fingerprint density at radius 1 is 1.08 bits per heavy atom. The summed E-state index contributed by atoms with van der Waals surface area (Å²) in [4.78, 5) is 19.0. The Labute approximate surface area is 142 Å². The lowest BCUT2D eigenvalue weighted by Crippen LogP contribution is -2.40. The van der Waals surface area contributed by atoms with E-state index in [-0.39, 0.29) is 5.91 Å². The summed E-state index contributed by atoms with van der Waals surface area (Å²) in [6, 6.07) is 12.9. The Hall–Kier alpha value is -2.36. The number of piperidine rings is 1. The van der Waals surface area contributed by atoms with Crippen molar-refractivity contribution in [2.24, 2.45) is 11.8 Å². The van der Waals surface area contributed by atoms with E-state index in [0.29, 0.717) is 23.1 Å². The second-order valence-corrected chi connectivity index (χ2v) is 6.79. The smallest absolute Gasteiger partial charge is 0.253 e. The van der Waals surface area contributed by atoms with E-state index < -0.39 is 0 Å². The van der Waals surface area contributed by atoms with Crippen LogP contribution in [0.3, 0.4) is 0 Å². The van der Waals surface area contributed by atoms with Crippen LogP contribution in [-0.4, -0.2) is 28.9 Å². The van der Waals surface area contributed by atoms with E-state index in [4.69, 9.17) is 4.74 Å². The molecular weight excluding hydrogens is 300 g/mol. The van der Waals surface area contributed by atoms with Crippen LogP contribution in [0.2, 0.25) is 0 Å². The van der Waals surface area contributed by atoms with Gasteiger partial charge < -0.3 is 9.64 Å². The Balaban J connectivity index is 1.47. The van der Waals surface area contributed by atoms with Gasteiger partial charge in [0.2, 0.25) is 5.88 Å². The number of likely N-dealkylation sites (tertiary alicyclic amines) is 1. The molecule has 0 N–H and O–H groups in total. The van der Waals surface area contributed by atoms with Crippen LogP contribution in [0, 0.1) is 11.8 Å². The van der Waals surface area contributed by atoms with Gasteiger partial charge in [0.25, 0.3) is 5.91 Å². The minimum Gasteiger partial charge on any atom is -0.439 e. The molecule has 4 nitrogen and oxygen atoms in total. The molecule has 1 saturated heterocycles. The highest BCUT2D eigenvalue weighted by Gasteiger charge is 2.35. The van der Waals surface area contributed by atoms with Crippen molar-refractivity contribution in [2.75, 3.05) is 13.1 Å². The number of hydrogen-bond donors (Lipinski definition) is 0. The number of nitrogens with zero attached hydrogens (tertiary/aromatic N) is 2. The summed E-state index contributed by atoms with van der Waals surface area (Å²) in [6.45, 7) is 1.78. The molecule has 1 saturated carbocycles. The first kappa shape index (κ1) is 15.2. The number of aromatic nitrogens is 1. The lowest BCUT2D eigenvalue weighted by Gasteiger charge is -2.33. The van der Waals surface area contributed by atoms with E-state index in [1.54, 1.807) is 12.3 Å². The van der Waals surface area contributed by atoms with Crippen molar-refractivity contribution in [3.8, 4) is 11.6 Å². The summed E-state index contributed by atoms with van der Waals surface area (Å²) < 4.78 is 5.74. The SMILES string of the molecule is O=C(c1cccc(Oc2ccccn2)c1)N1CCCC(C2CC2)C1. The van der Waals surface area contributed by atoms with E-state index in [2.05, 4.69) is 4.98 Å². The van der Waals surface area contributed by atoms with Crippen molar-refractivity contribution in [2.45, 2.75) is 25.7 Å². The summed E-state index contributed by atoms with van der Waals surface area (Å²) in [6.07, 6.45) is 6.78. The molecule has 0 spiro atoms. The molecule has 1 amide bonds. The number of carbonyl (C=O) groups excluding carboxylic acids is 1. The van der Waals surface area contributed by atoms with Gasteiger partial charge in [-0.05, 0) is 61.8 Å². The van der Waals surface area contributed by atoms with Crippen molar-refractivity contribution >= 4 is 5.91 Å². The number of rotatable bonds is 4. The third kappa shape index (κ3) is 3.42. The van der Waals surface area contributed by atoms with Crippen LogP contribution in [0.25, 0.3) is 0 Å². The first-order chi connectivity index (χ1) is 11.8. The first-order valence-electron chi connectivity index (χ1n) is 8.78. The maximum atomic E-state index is 12.8. The molecule has 1 atom stereocenters. The molecular formula is C20H22N2O2. The molecule has 1 aliphatic carbocycles. The molecule has 4 rings (SSSR count). The summed E-state index contributed by atoms with van der Waals surface area (Å²) in [5.41, 5.74) is 0.694. The van der Waals surface area contributed by atoms with Gasteiger partial charge in [0.15, 0.2) is 0 Å². The second-order valence-electron chi connectivity index (χ2n) is 6.79. The average Bonchev–Trinajstić information content (AvgIpc) is 3.48. The van der Waals surface area contributed by atoms with E-state index in [1.807, 2.05) is 41.3 Å². The fourth-order valence-electron chi connectivity index (χ4n) is 3.55. The lowest BCUT2D eigenvalue weighted by molar-refractivity contribution is 0.0659. The van der Waals surface area contributed by atoms with E-state index in [9.17, 15) is 4.79 Å². The normalized spacial score (nSPS) is 20.7. The summed E-state index contributed by atoms with van der Waals surface area (Å²) in [7, 11) is 0. The van der Waals surface area contributed by atoms with Crippen LogP contribution in [0.1, 0.15) is 36.0 Å². The molecule has 1 aliphatic heterocycles. The lowest BCUT2D eigenvalue weighted by atomic mass is 9.93. The van der Waals surface area contributed by atoms with Crippen LogP contribution in [0.5, 0.6) is 11.6 Å². The monoisotopic (exact) mass is 322 g/mol. The molecule has 24 heavy (non-hydrogen) atoms. The topological polar surface area (TPSA) is 42.4 Å². The summed E-state index contributed by atoms with van der Waals surface area (Å²) in [5, 5.41) is 0. The molecule has 2 fully saturated rings. The Morgan fingerprint density at radius 2 is 2.00 bits per heavy atom.